The molecule has 6 heterocycles. The van der Waals surface area contributed by atoms with E-state index in [0.717, 1.165) is 39.7 Å². The first-order valence-electron chi connectivity index (χ1n) is 13.3. The molecule has 3 aliphatic rings. The summed E-state index contributed by atoms with van der Waals surface area (Å²) in [4.78, 5) is 28.8. The molecule has 6 nitrogen and oxygen atoms in total. The van der Waals surface area contributed by atoms with Gasteiger partial charge in [-0.3, -0.25) is 4.79 Å². The van der Waals surface area contributed by atoms with Gasteiger partial charge < -0.3 is 20.2 Å². The normalized spacial score (nSPS) is 21.0. The maximum absolute atomic E-state index is 13.6. The Balaban J connectivity index is 1.34. The second kappa shape index (κ2) is 8.55. The predicted octanol–water partition coefficient (Wildman–Crippen LogP) is 6.46. The summed E-state index contributed by atoms with van der Waals surface area (Å²) in [7, 11) is 0. The molecule has 3 fully saturated rings. The number of fused-ring (bicyclic) bond motifs is 6. The third kappa shape index (κ3) is 3.57. The van der Waals surface area contributed by atoms with Crippen LogP contribution in [0.25, 0.3) is 53.9 Å². The zero-order valence-electron chi connectivity index (χ0n) is 20.8. The van der Waals surface area contributed by atoms with Gasteiger partial charge in [0.25, 0.3) is 5.56 Å². The van der Waals surface area contributed by atoms with Gasteiger partial charge in [0.15, 0.2) is 0 Å². The largest absolute Gasteiger partial charge is 0.379 e. The van der Waals surface area contributed by atoms with E-state index in [-0.39, 0.29) is 5.56 Å². The van der Waals surface area contributed by atoms with Gasteiger partial charge in [0, 0.05) is 27.5 Å². The van der Waals surface area contributed by atoms with E-state index in [0.29, 0.717) is 23.3 Å². The lowest BCUT2D eigenvalue weighted by Gasteiger charge is -2.45. The van der Waals surface area contributed by atoms with Gasteiger partial charge in [-0.25, -0.2) is 4.98 Å². The quantitative estimate of drug-likeness (QED) is 0.251. The van der Waals surface area contributed by atoms with Gasteiger partial charge in [-0.1, -0.05) is 36.4 Å². The second-order valence-electron chi connectivity index (χ2n) is 10.6. The van der Waals surface area contributed by atoms with E-state index in [9.17, 15) is 4.79 Å². The molecule has 3 aromatic carbocycles. The number of anilines is 1. The molecular formula is C31H27N5OS. The number of nitrogens with zero attached hydrogens (tertiary/aromatic N) is 2. The summed E-state index contributed by atoms with van der Waals surface area (Å²) in [6.45, 7) is 3.35. The third-order valence-electron chi connectivity index (χ3n) is 8.34. The number of pyridine rings is 1. The summed E-state index contributed by atoms with van der Waals surface area (Å²) in [6, 6.07) is 25.4. The third-order valence-corrected chi connectivity index (χ3v) is 9.50. The number of aromatic nitrogens is 3. The zero-order valence-corrected chi connectivity index (χ0v) is 21.6. The Labute approximate surface area is 223 Å². The number of benzene rings is 3. The maximum Gasteiger partial charge on any atom is 0.261 e. The fourth-order valence-corrected chi connectivity index (χ4v) is 7.39. The molecular weight excluding hydrogens is 490 g/mol. The number of H-pyrrole nitrogens is 2. The number of thiophene rings is 1. The molecule has 3 saturated heterocycles. The SMILES string of the molecule is O=c1[nH]c2ccc(-c3cc4ccccc4s3)cc2c(N[C@H]2CN3CCC2CC3)c1-c1nc2ccccc2[nH]1. The molecule has 0 aliphatic carbocycles. The summed E-state index contributed by atoms with van der Waals surface area (Å²) in [5, 5.41) is 6.17. The average molecular weight is 518 g/mol. The number of hydrogen-bond acceptors (Lipinski definition) is 5. The molecule has 9 rings (SSSR count). The predicted molar refractivity (Wildman–Crippen MR) is 157 cm³/mol. The van der Waals surface area contributed by atoms with E-state index in [1.165, 1.54) is 40.9 Å². The van der Waals surface area contributed by atoms with Crippen molar-refractivity contribution in [3.05, 3.63) is 83.2 Å². The molecule has 188 valence electrons. The lowest BCUT2D eigenvalue weighted by Crippen LogP contribution is -2.53. The van der Waals surface area contributed by atoms with Crippen LogP contribution < -0.4 is 10.9 Å². The molecule has 0 radical (unpaired) electrons. The molecule has 0 saturated carbocycles. The van der Waals surface area contributed by atoms with Crippen molar-refractivity contribution in [3.63, 3.8) is 0 Å². The van der Waals surface area contributed by atoms with Gasteiger partial charge in [-0.05, 0) is 79.2 Å². The molecule has 1 atom stereocenters. The minimum Gasteiger partial charge on any atom is -0.379 e. The fourth-order valence-electron chi connectivity index (χ4n) is 6.33. The van der Waals surface area contributed by atoms with E-state index >= 15 is 0 Å². The van der Waals surface area contributed by atoms with Crippen molar-refractivity contribution < 1.29 is 0 Å². The second-order valence-corrected chi connectivity index (χ2v) is 11.7. The van der Waals surface area contributed by atoms with Gasteiger partial charge in [0.2, 0.25) is 0 Å². The molecule has 3 N–H and O–H groups in total. The molecule has 0 unspecified atom stereocenters. The van der Waals surface area contributed by atoms with Crippen molar-refractivity contribution in [3.8, 4) is 21.8 Å². The maximum atomic E-state index is 13.6. The van der Waals surface area contributed by atoms with E-state index < -0.39 is 0 Å². The van der Waals surface area contributed by atoms with Crippen LogP contribution in [0.4, 0.5) is 5.69 Å². The number of hydrogen-bond donors (Lipinski definition) is 3. The number of nitrogens with one attached hydrogen (secondary N) is 3. The van der Waals surface area contributed by atoms with Crippen molar-refractivity contribution in [2.75, 3.05) is 25.0 Å². The summed E-state index contributed by atoms with van der Waals surface area (Å²) >= 11 is 1.80. The Morgan fingerprint density at radius 3 is 2.58 bits per heavy atom. The van der Waals surface area contributed by atoms with Crippen molar-refractivity contribution >= 4 is 49.0 Å². The van der Waals surface area contributed by atoms with E-state index in [2.05, 4.69) is 62.6 Å². The summed E-state index contributed by atoms with van der Waals surface area (Å²) in [5.41, 5.74) is 5.10. The Morgan fingerprint density at radius 1 is 0.921 bits per heavy atom. The zero-order chi connectivity index (χ0) is 25.2. The average Bonchev–Trinajstić information content (AvgIpc) is 3.58. The van der Waals surface area contributed by atoms with Crippen LogP contribution in [-0.2, 0) is 0 Å². The Morgan fingerprint density at radius 2 is 1.76 bits per heavy atom. The highest BCUT2D eigenvalue weighted by Crippen LogP contribution is 2.39. The summed E-state index contributed by atoms with van der Waals surface area (Å²) < 4.78 is 1.28. The number of para-hydroxylation sites is 2. The smallest absolute Gasteiger partial charge is 0.261 e. The number of rotatable bonds is 4. The summed E-state index contributed by atoms with van der Waals surface area (Å²) in [6.07, 6.45) is 2.40. The highest BCUT2D eigenvalue weighted by Gasteiger charge is 2.35. The van der Waals surface area contributed by atoms with Crippen LogP contribution in [0.15, 0.2) is 77.6 Å². The van der Waals surface area contributed by atoms with Crippen LogP contribution in [0.1, 0.15) is 12.8 Å². The molecule has 3 aliphatic heterocycles. The Kier molecular flexibility index (Phi) is 4.97. The van der Waals surface area contributed by atoms with E-state index in [1.54, 1.807) is 11.3 Å². The van der Waals surface area contributed by atoms with E-state index in [1.807, 2.05) is 30.3 Å². The molecule has 6 aromatic rings. The first-order chi connectivity index (χ1) is 18.7. The molecule has 38 heavy (non-hydrogen) atoms. The standard InChI is InChI=1S/C31H27N5OS/c37-31-28(30-33-23-6-2-3-7-24(23)34-30)29(32-25-17-36-13-11-18(25)12-14-36)21-15-20(9-10-22(21)35-31)27-16-19-5-1-4-8-26(19)38-27/h1-10,15-16,18,25H,11-14,17H2,(H,33,34)(H2,32,35,37)/t25-/m0/s1. The number of piperidine rings is 3. The van der Waals surface area contributed by atoms with Crippen LogP contribution in [0.3, 0.4) is 0 Å². The van der Waals surface area contributed by atoms with Crippen LogP contribution in [0, 0.1) is 5.92 Å². The van der Waals surface area contributed by atoms with Gasteiger partial charge in [0.05, 0.1) is 22.2 Å². The molecule has 7 heteroatoms. The monoisotopic (exact) mass is 517 g/mol. The van der Waals surface area contributed by atoms with Gasteiger partial charge >= 0.3 is 0 Å². The molecule has 2 bridgehead atoms. The Hall–Kier alpha value is -3.94. The minimum atomic E-state index is -0.130. The van der Waals surface area contributed by atoms with Crippen LogP contribution in [0.5, 0.6) is 0 Å². The fraction of sp³-hybridized carbons (Fsp3) is 0.226. The van der Waals surface area contributed by atoms with Gasteiger partial charge in [-0.2, -0.15) is 0 Å². The molecule has 3 aromatic heterocycles. The van der Waals surface area contributed by atoms with Crippen molar-refractivity contribution in [2.45, 2.75) is 18.9 Å². The number of aromatic amines is 2. The van der Waals surface area contributed by atoms with Crippen LogP contribution >= 0.6 is 11.3 Å². The van der Waals surface area contributed by atoms with Crippen molar-refractivity contribution in [2.24, 2.45) is 5.92 Å². The highest BCUT2D eigenvalue weighted by molar-refractivity contribution is 7.22. The van der Waals surface area contributed by atoms with Crippen molar-refractivity contribution in [1.82, 2.24) is 19.9 Å². The topological polar surface area (TPSA) is 76.8 Å². The van der Waals surface area contributed by atoms with Gasteiger partial charge in [-0.15, -0.1) is 11.3 Å². The first kappa shape index (κ1) is 22.1. The Bertz CT molecular complexity index is 1830. The van der Waals surface area contributed by atoms with Crippen LogP contribution in [-0.4, -0.2) is 45.5 Å². The minimum absolute atomic E-state index is 0.130. The first-order valence-corrected chi connectivity index (χ1v) is 14.1. The molecule has 0 spiro atoms. The summed E-state index contributed by atoms with van der Waals surface area (Å²) in [5.74, 6) is 1.22. The lowest BCUT2D eigenvalue weighted by atomic mass is 9.83. The lowest BCUT2D eigenvalue weighted by molar-refractivity contribution is 0.0976. The van der Waals surface area contributed by atoms with Gasteiger partial charge in [0.1, 0.15) is 11.4 Å². The number of imidazole rings is 1. The van der Waals surface area contributed by atoms with E-state index in [4.69, 9.17) is 4.98 Å². The highest BCUT2D eigenvalue weighted by atomic mass is 32.1. The van der Waals surface area contributed by atoms with Crippen LogP contribution in [0.2, 0.25) is 0 Å². The van der Waals surface area contributed by atoms with Crippen molar-refractivity contribution in [1.29, 1.82) is 0 Å². The molecule has 0 amide bonds.